The molecule has 0 fully saturated rings. The van der Waals surface area contributed by atoms with E-state index in [-0.39, 0.29) is 18.4 Å². The van der Waals surface area contributed by atoms with E-state index in [9.17, 15) is 5.11 Å². The highest BCUT2D eigenvalue weighted by Gasteiger charge is 2.05. The van der Waals surface area contributed by atoms with Crippen LogP contribution in [0.1, 0.15) is 11.5 Å². The first kappa shape index (κ1) is 13.8. The Balaban J connectivity index is 1.63. The van der Waals surface area contributed by atoms with Gasteiger partial charge in [-0.2, -0.15) is 0 Å². The molecule has 3 rings (SSSR count). The van der Waals surface area contributed by atoms with Crippen molar-refractivity contribution in [1.82, 2.24) is 10.2 Å². The Kier molecular flexibility index (Phi) is 4.10. The van der Waals surface area contributed by atoms with E-state index in [1.54, 1.807) is 24.3 Å². The molecular formula is C16H13N3O3. The van der Waals surface area contributed by atoms with Crippen molar-refractivity contribution in [2.45, 2.75) is 6.61 Å². The van der Waals surface area contributed by atoms with Gasteiger partial charge < -0.3 is 14.3 Å². The van der Waals surface area contributed by atoms with Gasteiger partial charge in [-0.1, -0.05) is 35.4 Å². The number of phenols is 1. The molecule has 0 bridgehead atoms. The van der Waals surface area contributed by atoms with Crippen molar-refractivity contribution in [2.24, 2.45) is 4.99 Å². The summed E-state index contributed by atoms with van der Waals surface area (Å²) in [7, 11) is 0. The van der Waals surface area contributed by atoms with Crippen molar-refractivity contribution in [2.75, 3.05) is 0 Å². The average molecular weight is 295 g/mol. The molecule has 6 heteroatoms. The standard InChI is InChI=1S/C16H13N3O3/c20-14-9-5-4-6-12(14)10-17-16-19-18-15(22-16)11-21-13-7-2-1-3-8-13/h1-10,20H,11H2. The number of aliphatic imine (C=N–C) groups is 1. The first-order valence-corrected chi connectivity index (χ1v) is 6.63. The summed E-state index contributed by atoms with van der Waals surface area (Å²) < 4.78 is 10.8. The Labute approximate surface area is 126 Å². The molecule has 0 atom stereocenters. The first-order valence-electron chi connectivity index (χ1n) is 6.63. The van der Waals surface area contributed by atoms with Crippen LogP contribution >= 0.6 is 0 Å². The van der Waals surface area contributed by atoms with Gasteiger partial charge in [-0.15, -0.1) is 5.10 Å². The van der Waals surface area contributed by atoms with Crippen molar-refractivity contribution in [3.05, 3.63) is 66.1 Å². The first-order chi connectivity index (χ1) is 10.8. The van der Waals surface area contributed by atoms with Crippen LogP contribution in [0.5, 0.6) is 11.5 Å². The van der Waals surface area contributed by atoms with E-state index in [1.807, 2.05) is 30.3 Å². The number of nitrogens with zero attached hydrogens (tertiary/aromatic N) is 3. The summed E-state index contributed by atoms with van der Waals surface area (Å²) in [5.74, 6) is 1.19. The normalized spacial score (nSPS) is 10.9. The van der Waals surface area contributed by atoms with Gasteiger partial charge in [0.05, 0.1) is 0 Å². The molecule has 0 aliphatic carbocycles. The van der Waals surface area contributed by atoms with Gasteiger partial charge in [-0.25, -0.2) is 4.99 Å². The van der Waals surface area contributed by atoms with Crippen LogP contribution in [0.15, 0.2) is 64.0 Å². The Bertz CT molecular complexity index is 769. The molecule has 1 N–H and O–H groups in total. The van der Waals surface area contributed by atoms with E-state index in [0.29, 0.717) is 11.5 Å². The molecule has 3 aromatic rings. The van der Waals surface area contributed by atoms with Crippen LogP contribution < -0.4 is 4.74 Å². The van der Waals surface area contributed by atoms with E-state index in [0.717, 1.165) is 5.75 Å². The summed E-state index contributed by atoms with van der Waals surface area (Å²) in [5.41, 5.74) is 0.572. The van der Waals surface area contributed by atoms with Gasteiger partial charge in [-0.05, 0) is 24.3 Å². The zero-order valence-corrected chi connectivity index (χ0v) is 11.6. The van der Waals surface area contributed by atoms with Crippen molar-refractivity contribution in [3.63, 3.8) is 0 Å². The van der Waals surface area contributed by atoms with E-state index in [4.69, 9.17) is 9.15 Å². The highest BCUT2D eigenvalue weighted by atomic mass is 16.5. The highest BCUT2D eigenvalue weighted by Crippen LogP contribution is 2.16. The summed E-state index contributed by atoms with van der Waals surface area (Å²) in [6, 6.07) is 16.3. The second-order valence-electron chi connectivity index (χ2n) is 4.40. The lowest BCUT2D eigenvalue weighted by Crippen LogP contribution is -1.95. The number of para-hydroxylation sites is 2. The number of ether oxygens (including phenoxy) is 1. The lowest BCUT2D eigenvalue weighted by Gasteiger charge is -2.01. The molecular weight excluding hydrogens is 282 g/mol. The third-order valence-corrected chi connectivity index (χ3v) is 2.81. The topological polar surface area (TPSA) is 80.7 Å². The molecule has 0 radical (unpaired) electrons. The van der Waals surface area contributed by atoms with Crippen LogP contribution in [0.4, 0.5) is 6.01 Å². The summed E-state index contributed by atoms with van der Waals surface area (Å²) in [6.45, 7) is 0.170. The van der Waals surface area contributed by atoms with Gasteiger partial charge in [0.15, 0.2) is 6.61 Å². The molecule has 1 aromatic heterocycles. The van der Waals surface area contributed by atoms with Gasteiger partial charge in [0.1, 0.15) is 11.5 Å². The Morgan fingerprint density at radius 2 is 1.82 bits per heavy atom. The molecule has 0 saturated heterocycles. The fraction of sp³-hybridized carbons (Fsp3) is 0.0625. The van der Waals surface area contributed by atoms with Gasteiger partial charge in [0, 0.05) is 11.8 Å². The second-order valence-corrected chi connectivity index (χ2v) is 4.40. The highest BCUT2D eigenvalue weighted by molar-refractivity contribution is 5.84. The predicted molar refractivity (Wildman–Crippen MR) is 80.4 cm³/mol. The number of rotatable bonds is 5. The largest absolute Gasteiger partial charge is 0.507 e. The summed E-state index contributed by atoms with van der Waals surface area (Å²) in [5, 5.41) is 17.3. The minimum atomic E-state index is 0.106. The summed E-state index contributed by atoms with van der Waals surface area (Å²) in [6.07, 6.45) is 1.46. The van der Waals surface area contributed by atoms with Gasteiger partial charge in [-0.3, -0.25) is 0 Å². The van der Waals surface area contributed by atoms with Crippen molar-refractivity contribution < 1.29 is 14.3 Å². The van der Waals surface area contributed by atoms with Crippen LogP contribution in [0, 0.1) is 0 Å². The van der Waals surface area contributed by atoms with Crippen LogP contribution in [0.25, 0.3) is 0 Å². The monoisotopic (exact) mass is 295 g/mol. The number of benzene rings is 2. The summed E-state index contributed by atoms with van der Waals surface area (Å²) >= 11 is 0. The lowest BCUT2D eigenvalue weighted by molar-refractivity contribution is 0.264. The Morgan fingerprint density at radius 1 is 1.05 bits per heavy atom. The average Bonchev–Trinajstić information content (AvgIpc) is 3.01. The van der Waals surface area contributed by atoms with Crippen LogP contribution in [-0.2, 0) is 6.61 Å². The van der Waals surface area contributed by atoms with E-state index < -0.39 is 0 Å². The third kappa shape index (κ3) is 3.49. The number of phenolic OH excluding ortho intramolecular Hbond substituents is 1. The van der Waals surface area contributed by atoms with Crippen LogP contribution in [0.3, 0.4) is 0 Å². The predicted octanol–water partition coefficient (Wildman–Crippen LogP) is 3.10. The Hall–Kier alpha value is -3.15. The van der Waals surface area contributed by atoms with Gasteiger partial charge in [0.25, 0.3) is 5.89 Å². The zero-order chi connectivity index (χ0) is 15.2. The fourth-order valence-electron chi connectivity index (χ4n) is 1.74. The van der Waals surface area contributed by atoms with Crippen LogP contribution in [-0.4, -0.2) is 21.5 Å². The molecule has 6 nitrogen and oxygen atoms in total. The smallest absolute Gasteiger partial charge is 0.342 e. The van der Waals surface area contributed by atoms with Gasteiger partial charge in [0.2, 0.25) is 0 Å². The third-order valence-electron chi connectivity index (χ3n) is 2.81. The van der Waals surface area contributed by atoms with E-state index in [2.05, 4.69) is 15.2 Å². The minimum Gasteiger partial charge on any atom is -0.507 e. The number of aromatic nitrogens is 2. The Morgan fingerprint density at radius 3 is 2.64 bits per heavy atom. The molecule has 1 heterocycles. The molecule has 0 spiro atoms. The van der Waals surface area contributed by atoms with E-state index in [1.165, 1.54) is 6.21 Å². The molecule has 0 aliphatic rings. The van der Waals surface area contributed by atoms with Crippen molar-refractivity contribution >= 4 is 12.2 Å². The van der Waals surface area contributed by atoms with Crippen molar-refractivity contribution in [1.29, 1.82) is 0 Å². The quantitative estimate of drug-likeness (QED) is 0.731. The maximum absolute atomic E-state index is 9.63. The second kappa shape index (κ2) is 6.53. The van der Waals surface area contributed by atoms with Crippen molar-refractivity contribution in [3.8, 4) is 11.5 Å². The number of hydrogen-bond acceptors (Lipinski definition) is 6. The SMILES string of the molecule is Oc1ccccc1C=Nc1nnc(COc2ccccc2)o1. The fourth-order valence-corrected chi connectivity index (χ4v) is 1.74. The molecule has 0 saturated carbocycles. The molecule has 0 aliphatic heterocycles. The lowest BCUT2D eigenvalue weighted by atomic mass is 10.2. The van der Waals surface area contributed by atoms with Crippen LogP contribution in [0.2, 0.25) is 0 Å². The number of aromatic hydroxyl groups is 1. The molecule has 0 unspecified atom stereocenters. The molecule has 22 heavy (non-hydrogen) atoms. The molecule has 2 aromatic carbocycles. The molecule has 110 valence electrons. The van der Waals surface area contributed by atoms with E-state index >= 15 is 0 Å². The van der Waals surface area contributed by atoms with Gasteiger partial charge >= 0.3 is 6.01 Å². The zero-order valence-electron chi connectivity index (χ0n) is 11.6. The minimum absolute atomic E-state index is 0.106. The maximum Gasteiger partial charge on any atom is 0.342 e. The molecule has 0 amide bonds. The number of hydrogen-bond donors (Lipinski definition) is 1. The summed E-state index contributed by atoms with van der Waals surface area (Å²) in [4.78, 5) is 4.03. The maximum atomic E-state index is 9.63.